The summed E-state index contributed by atoms with van der Waals surface area (Å²) >= 11 is 6.21. The fourth-order valence-corrected chi connectivity index (χ4v) is 2.33. The zero-order valence-corrected chi connectivity index (χ0v) is 13.5. The molecule has 0 aliphatic carbocycles. The highest BCUT2D eigenvalue weighted by Gasteiger charge is 2.23. The van der Waals surface area contributed by atoms with Gasteiger partial charge in [-0.15, -0.1) is 0 Å². The normalized spacial score (nSPS) is 10.1. The van der Waals surface area contributed by atoms with Crippen molar-refractivity contribution in [1.82, 2.24) is 0 Å². The number of hydrogen-bond acceptors (Lipinski definition) is 4. The van der Waals surface area contributed by atoms with E-state index in [2.05, 4.69) is 5.32 Å². The Hall–Kier alpha value is -1.75. The number of carbonyl (C=O) groups excluding carboxylic acids is 2. The lowest BCUT2D eigenvalue weighted by atomic mass is 10.0. The van der Waals surface area contributed by atoms with Crippen LogP contribution < -0.4 is 10.1 Å². The predicted octanol–water partition coefficient (Wildman–Crippen LogP) is 3.44. The van der Waals surface area contributed by atoms with Crippen LogP contribution in [0.5, 0.6) is 5.75 Å². The molecule has 0 aromatic heterocycles. The number of rotatable bonds is 6. The molecule has 21 heavy (non-hydrogen) atoms. The summed E-state index contributed by atoms with van der Waals surface area (Å²) in [7, 11) is 1.30. The lowest BCUT2D eigenvalue weighted by Gasteiger charge is -2.19. The van der Waals surface area contributed by atoms with Crippen molar-refractivity contribution >= 4 is 29.2 Å². The monoisotopic (exact) mass is 313 g/mol. The van der Waals surface area contributed by atoms with Crippen LogP contribution >= 0.6 is 11.6 Å². The first-order chi connectivity index (χ1) is 9.96. The SMILES string of the molecule is CCCc1c(NC(C)=O)c(Cl)cc(C(=O)OC)c1OCC. The van der Waals surface area contributed by atoms with Crippen molar-refractivity contribution in [2.45, 2.75) is 33.6 Å². The third-order valence-corrected chi connectivity index (χ3v) is 3.12. The number of ether oxygens (including phenoxy) is 2. The quantitative estimate of drug-likeness (QED) is 0.817. The Morgan fingerprint density at radius 1 is 1.33 bits per heavy atom. The van der Waals surface area contributed by atoms with Gasteiger partial charge in [-0.1, -0.05) is 24.9 Å². The molecule has 0 bridgehead atoms. The summed E-state index contributed by atoms with van der Waals surface area (Å²) in [4.78, 5) is 23.3. The molecule has 0 heterocycles. The molecule has 0 aliphatic heterocycles. The van der Waals surface area contributed by atoms with Crippen molar-refractivity contribution in [3.63, 3.8) is 0 Å². The van der Waals surface area contributed by atoms with Crippen LogP contribution in [0.1, 0.15) is 43.1 Å². The van der Waals surface area contributed by atoms with Gasteiger partial charge in [0.1, 0.15) is 11.3 Å². The van der Waals surface area contributed by atoms with Crippen molar-refractivity contribution in [3.05, 3.63) is 22.2 Å². The molecule has 0 atom stereocenters. The molecule has 1 N–H and O–H groups in total. The van der Waals surface area contributed by atoms with Crippen molar-refractivity contribution in [2.24, 2.45) is 0 Å². The molecule has 0 aliphatic rings. The van der Waals surface area contributed by atoms with Gasteiger partial charge in [-0.3, -0.25) is 4.79 Å². The predicted molar refractivity (Wildman–Crippen MR) is 82.3 cm³/mol. The molecule has 6 heteroatoms. The molecule has 0 radical (unpaired) electrons. The fraction of sp³-hybridized carbons (Fsp3) is 0.467. The molecule has 0 unspecified atom stereocenters. The van der Waals surface area contributed by atoms with Crippen LogP contribution in [-0.2, 0) is 16.0 Å². The average molecular weight is 314 g/mol. The van der Waals surface area contributed by atoms with Gasteiger partial charge in [0.25, 0.3) is 0 Å². The Balaban J connectivity index is 3.56. The number of amides is 1. The molecule has 0 saturated heterocycles. The topological polar surface area (TPSA) is 64.6 Å². The van der Waals surface area contributed by atoms with Gasteiger partial charge < -0.3 is 14.8 Å². The van der Waals surface area contributed by atoms with E-state index < -0.39 is 5.97 Å². The van der Waals surface area contributed by atoms with E-state index in [1.807, 2.05) is 13.8 Å². The van der Waals surface area contributed by atoms with Crippen LogP contribution in [0, 0.1) is 0 Å². The first-order valence-corrected chi connectivity index (χ1v) is 7.18. The lowest BCUT2D eigenvalue weighted by Crippen LogP contribution is -2.14. The smallest absolute Gasteiger partial charge is 0.341 e. The Kier molecular flexibility index (Phi) is 6.49. The Labute approximate surface area is 129 Å². The van der Waals surface area contributed by atoms with Crippen LogP contribution in [-0.4, -0.2) is 25.6 Å². The van der Waals surface area contributed by atoms with Crippen molar-refractivity contribution < 1.29 is 19.1 Å². The maximum atomic E-state index is 11.9. The van der Waals surface area contributed by atoms with Gasteiger partial charge in [0, 0.05) is 12.5 Å². The van der Waals surface area contributed by atoms with Crippen LogP contribution in [0.25, 0.3) is 0 Å². The van der Waals surface area contributed by atoms with Gasteiger partial charge in [0.15, 0.2) is 0 Å². The fourth-order valence-electron chi connectivity index (χ4n) is 2.06. The maximum absolute atomic E-state index is 11.9. The van der Waals surface area contributed by atoms with E-state index in [1.165, 1.54) is 20.1 Å². The summed E-state index contributed by atoms with van der Waals surface area (Å²) in [6.07, 6.45) is 1.43. The number of benzene rings is 1. The summed E-state index contributed by atoms with van der Waals surface area (Å²) in [5.74, 6) is -0.339. The van der Waals surface area contributed by atoms with Crippen LogP contribution in [0.2, 0.25) is 5.02 Å². The van der Waals surface area contributed by atoms with Gasteiger partial charge in [0.05, 0.1) is 24.4 Å². The minimum Gasteiger partial charge on any atom is -0.493 e. The minimum atomic E-state index is -0.521. The summed E-state index contributed by atoms with van der Waals surface area (Å²) in [5.41, 5.74) is 1.46. The number of halogens is 1. The molecule has 1 aromatic rings. The molecule has 1 amide bonds. The molecule has 0 fully saturated rings. The molecule has 5 nitrogen and oxygen atoms in total. The number of carbonyl (C=O) groups is 2. The second-order valence-corrected chi connectivity index (χ2v) is 4.85. The zero-order chi connectivity index (χ0) is 16.0. The van der Waals surface area contributed by atoms with E-state index in [1.54, 1.807) is 0 Å². The summed E-state index contributed by atoms with van der Waals surface area (Å²) in [6.45, 7) is 5.61. The van der Waals surface area contributed by atoms with Crippen molar-refractivity contribution in [3.8, 4) is 5.75 Å². The first kappa shape index (κ1) is 17.3. The number of esters is 1. The number of anilines is 1. The van der Waals surface area contributed by atoms with Gasteiger partial charge in [0.2, 0.25) is 5.91 Å². The van der Waals surface area contributed by atoms with Crippen molar-refractivity contribution in [2.75, 3.05) is 19.0 Å². The van der Waals surface area contributed by atoms with Crippen LogP contribution in [0.15, 0.2) is 6.07 Å². The van der Waals surface area contributed by atoms with Gasteiger partial charge in [-0.2, -0.15) is 0 Å². The molecular formula is C15H20ClNO4. The summed E-state index contributed by atoms with van der Waals surface area (Å²) in [5, 5.41) is 3.00. The van der Waals surface area contributed by atoms with E-state index in [9.17, 15) is 9.59 Å². The van der Waals surface area contributed by atoms with E-state index >= 15 is 0 Å². The highest BCUT2D eigenvalue weighted by molar-refractivity contribution is 6.34. The van der Waals surface area contributed by atoms with Gasteiger partial charge >= 0.3 is 5.97 Å². The Morgan fingerprint density at radius 2 is 2.00 bits per heavy atom. The molecular weight excluding hydrogens is 294 g/mol. The van der Waals surface area contributed by atoms with Crippen molar-refractivity contribution in [1.29, 1.82) is 0 Å². The highest BCUT2D eigenvalue weighted by atomic mass is 35.5. The Morgan fingerprint density at radius 3 is 2.48 bits per heavy atom. The van der Waals surface area contributed by atoms with E-state index in [0.29, 0.717) is 30.0 Å². The standard InChI is InChI=1S/C15H20ClNO4/c1-5-7-10-13(17-9(3)18)12(16)8-11(15(19)20-4)14(10)21-6-2/h8H,5-7H2,1-4H3,(H,17,18). The Bertz CT molecular complexity index is 543. The minimum absolute atomic E-state index is 0.234. The van der Waals surface area contributed by atoms with Gasteiger partial charge in [-0.25, -0.2) is 4.79 Å². The van der Waals surface area contributed by atoms with E-state index in [-0.39, 0.29) is 16.5 Å². The molecule has 1 aromatic carbocycles. The summed E-state index contributed by atoms with van der Waals surface area (Å²) in [6, 6.07) is 1.46. The molecule has 0 spiro atoms. The third-order valence-electron chi connectivity index (χ3n) is 2.83. The van der Waals surface area contributed by atoms with E-state index in [0.717, 1.165) is 6.42 Å². The zero-order valence-electron chi connectivity index (χ0n) is 12.7. The van der Waals surface area contributed by atoms with Crippen LogP contribution in [0.4, 0.5) is 5.69 Å². The molecule has 116 valence electrons. The summed E-state index contributed by atoms with van der Waals surface area (Å²) < 4.78 is 10.4. The second kappa shape index (κ2) is 7.88. The maximum Gasteiger partial charge on any atom is 0.341 e. The molecule has 1 rings (SSSR count). The van der Waals surface area contributed by atoms with Crippen LogP contribution in [0.3, 0.4) is 0 Å². The number of methoxy groups -OCH3 is 1. The highest BCUT2D eigenvalue weighted by Crippen LogP contribution is 2.38. The first-order valence-electron chi connectivity index (χ1n) is 6.80. The lowest BCUT2D eigenvalue weighted by molar-refractivity contribution is -0.114. The number of nitrogens with one attached hydrogen (secondary N) is 1. The average Bonchev–Trinajstić information content (AvgIpc) is 2.44. The second-order valence-electron chi connectivity index (χ2n) is 4.44. The third kappa shape index (κ3) is 4.11. The van der Waals surface area contributed by atoms with Gasteiger partial charge in [-0.05, 0) is 19.4 Å². The molecule has 0 saturated carbocycles. The van der Waals surface area contributed by atoms with E-state index in [4.69, 9.17) is 21.1 Å². The number of hydrogen-bond donors (Lipinski definition) is 1. The largest absolute Gasteiger partial charge is 0.493 e.